The summed E-state index contributed by atoms with van der Waals surface area (Å²) in [6.45, 7) is 0.622. The van der Waals surface area contributed by atoms with Crippen LogP contribution in [0.15, 0.2) is 24.3 Å². The van der Waals surface area contributed by atoms with Crippen molar-refractivity contribution in [2.45, 2.75) is 25.3 Å². The van der Waals surface area contributed by atoms with Crippen molar-refractivity contribution in [1.82, 2.24) is 0 Å². The molecule has 0 radical (unpaired) electrons. The van der Waals surface area contributed by atoms with Crippen LogP contribution in [-0.2, 0) is 16.3 Å². The van der Waals surface area contributed by atoms with Gasteiger partial charge in [-0.1, -0.05) is 18.2 Å². The van der Waals surface area contributed by atoms with Gasteiger partial charge in [0, 0.05) is 24.0 Å². The molecule has 19 heavy (non-hydrogen) atoms. The van der Waals surface area contributed by atoms with Crippen LogP contribution in [0.1, 0.15) is 18.4 Å². The van der Waals surface area contributed by atoms with Gasteiger partial charge in [0.25, 0.3) is 0 Å². The van der Waals surface area contributed by atoms with Gasteiger partial charge in [0.15, 0.2) is 0 Å². The summed E-state index contributed by atoms with van der Waals surface area (Å²) in [6, 6.07) is 7.99. The molecule has 2 rings (SSSR count). The molecule has 1 aromatic carbocycles. The fourth-order valence-corrected chi connectivity index (χ4v) is 3.13. The summed E-state index contributed by atoms with van der Waals surface area (Å²) >= 11 is 0. The Kier molecular flexibility index (Phi) is 4.47. The highest BCUT2D eigenvalue weighted by Crippen LogP contribution is 2.28. The van der Waals surface area contributed by atoms with E-state index in [9.17, 15) is 8.42 Å². The number of benzene rings is 1. The minimum absolute atomic E-state index is 0.00453. The van der Waals surface area contributed by atoms with Crippen LogP contribution in [0.4, 0.5) is 0 Å². The molecule has 0 aromatic heterocycles. The molecule has 2 N–H and O–H groups in total. The van der Waals surface area contributed by atoms with Gasteiger partial charge in [-0.3, -0.25) is 0 Å². The Hall–Kier alpha value is -1.07. The second kappa shape index (κ2) is 5.92. The van der Waals surface area contributed by atoms with E-state index < -0.39 is 9.84 Å². The number of para-hydroxylation sites is 1. The molecular formula is C14H21NO3S. The van der Waals surface area contributed by atoms with E-state index in [1.165, 1.54) is 11.8 Å². The monoisotopic (exact) mass is 283 g/mol. The van der Waals surface area contributed by atoms with Gasteiger partial charge in [-0.05, 0) is 30.9 Å². The van der Waals surface area contributed by atoms with Crippen LogP contribution in [-0.4, -0.2) is 33.1 Å². The standard InChI is InChI=1S/C14H21NO3S/c1-19(16,17)8-4-6-13(15)12-9-11-5-2-3-7-14(11)18-10-12/h2-3,5,7,12-13H,4,6,8-10,15H2,1H3. The SMILES string of the molecule is CS(=O)(=O)CCCC(N)C1COc2ccccc2C1. The summed E-state index contributed by atoms with van der Waals surface area (Å²) in [6.07, 6.45) is 3.52. The lowest BCUT2D eigenvalue weighted by Crippen LogP contribution is -2.38. The van der Waals surface area contributed by atoms with Crippen molar-refractivity contribution >= 4 is 9.84 Å². The second-order valence-electron chi connectivity index (χ2n) is 5.32. The van der Waals surface area contributed by atoms with Gasteiger partial charge in [-0.25, -0.2) is 8.42 Å². The largest absolute Gasteiger partial charge is 0.493 e. The smallest absolute Gasteiger partial charge is 0.147 e. The molecule has 1 aromatic rings. The molecule has 0 amide bonds. The molecule has 0 aliphatic carbocycles. The average Bonchev–Trinajstić information content (AvgIpc) is 2.36. The molecule has 1 aliphatic rings. The van der Waals surface area contributed by atoms with Gasteiger partial charge < -0.3 is 10.5 Å². The summed E-state index contributed by atoms with van der Waals surface area (Å²) in [5.74, 6) is 1.43. The molecule has 0 bridgehead atoms. The fraction of sp³-hybridized carbons (Fsp3) is 0.571. The zero-order valence-electron chi connectivity index (χ0n) is 11.2. The number of hydrogen-bond donors (Lipinski definition) is 1. The molecule has 0 saturated heterocycles. The lowest BCUT2D eigenvalue weighted by molar-refractivity contribution is 0.195. The molecule has 4 nitrogen and oxygen atoms in total. The highest BCUT2D eigenvalue weighted by molar-refractivity contribution is 7.90. The van der Waals surface area contributed by atoms with Gasteiger partial charge in [0.1, 0.15) is 15.6 Å². The van der Waals surface area contributed by atoms with Crippen LogP contribution in [0.3, 0.4) is 0 Å². The minimum atomic E-state index is -2.89. The average molecular weight is 283 g/mol. The van der Waals surface area contributed by atoms with E-state index in [1.807, 2.05) is 18.2 Å². The maximum absolute atomic E-state index is 11.1. The molecule has 1 heterocycles. The van der Waals surface area contributed by atoms with Crippen LogP contribution >= 0.6 is 0 Å². The lowest BCUT2D eigenvalue weighted by atomic mass is 9.89. The van der Waals surface area contributed by atoms with E-state index in [-0.39, 0.29) is 17.7 Å². The molecule has 5 heteroatoms. The van der Waals surface area contributed by atoms with E-state index in [0.717, 1.165) is 18.6 Å². The predicted molar refractivity (Wildman–Crippen MR) is 76.1 cm³/mol. The Balaban J connectivity index is 1.87. The number of rotatable bonds is 5. The van der Waals surface area contributed by atoms with Crippen molar-refractivity contribution < 1.29 is 13.2 Å². The third-order valence-electron chi connectivity index (χ3n) is 3.57. The Labute approximate surface area is 114 Å². The number of ether oxygens (including phenoxy) is 1. The molecule has 1 aliphatic heterocycles. The molecule has 0 fully saturated rings. The normalized spacial score (nSPS) is 20.4. The van der Waals surface area contributed by atoms with Gasteiger partial charge in [0.05, 0.1) is 6.61 Å². The van der Waals surface area contributed by atoms with Crippen molar-refractivity contribution in [3.63, 3.8) is 0 Å². The summed E-state index contributed by atoms with van der Waals surface area (Å²) in [5, 5.41) is 0. The molecule has 2 unspecified atom stereocenters. The number of nitrogens with two attached hydrogens (primary N) is 1. The van der Waals surface area contributed by atoms with Crippen molar-refractivity contribution in [3.05, 3.63) is 29.8 Å². The van der Waals surface area contributed by atoms with Crippen molar-refractivity contribution in [3.8, 4) is 5.75 Å². The van der Waals surface area contributed by atoms with Crippen molar-refractivity contribution in [2.75, 3.05) is 18.6 Å². The quantitative estimate of drug-likeness (QED) is 0.886. The van der Waals surface area contributed by atoms with Crippen LogP contribution in [0.25, 0.3) is 0 Å². The first-order valence-corrected chi connectivity index (χ1v) is 8.66. The van der Waals surface area contributed by atoms with E-state index in [4.69, 9.17) is 10.5 Å². The zero-order chi connectivity index (χ0) is 13.9. The summed E-state index contributed by atoms with van der Waals surface area (Å²) in [4.78, 5) is 0. The third kappa shape index (κ3) is 4.21. The first-order chi connectivity index (χ1) is 8.96. The van der Waals surface area contributed by atoms with Crippen LogP contribution in [0.2, 0.25) is 0 Å². The molecule has 0 spiro atoms. The van der Waals surface area contributed by atoms with Gasteiger partial charge >= 0.3 is 0 Å². The lowest BCUT2D eigenvalue weighted by Gasteiger charge is -2.29. The topological polar surface area (TPSA) is 69.4 Å². The maximum Gasteiger partial charge on any atom is 0.147 e. The zero-order valence-corrected chi connectivity index (χ0v) is 12.0. The number of hydrogen-bond acceptors (Lipinski definition) is 4. The molecule has 2 atom stereocenters. The van der Waals surface area contributed by atoms with Gasteiger partial charge in [-0.15, -0.1) is 0 Å². The highest BCUT2D eigenvalue weighted by atomic mass is 32.2. The molecular weight excluding hydrogens is 262 g/mol. The van der Waals surface area contributed by atoms with Crippen LogP contribution in [0.5, 0.6) is 5.75 Å². The summed E-state index contributed by atoms with van der Waals surface area (Å²) in [5.41, 5.74) is 7.35. The molecule has 0 saturated carbocycles. The highest BCUT2D eigenvalue weighted by Gasteiger charge is 2.24. The Morgan fingerprint density at radius 1 is 1.42 bits per heavy atom. The van der Waals surface area contributed by atoms with E-state index in [0.29, 0.717) is 13.0 Å². The van der Waals surface area contributed by atoms with E-state index in [1.54, 1.807) is 0 Å². The first kappa shape index (κ1) is 14.3. The van der Waals surface area contributed by atoms with Crippen molar-refractivity contribution in [1.29, 1.82) is 0 Å². The van der Waals surface area contributed by atoms with E-state index >= 15 is 0 Å². The fourth-order valence-electron chi connectivity index (χ4n) is 2.44. The number of fused-ring (bicyclic) bond motifs is 1. The second-order valence-corrected chi connectivity index (χ2v) is 7.58. The van der Waals surface area contributed by atoms with Crippen molar-refractivity contribution in [2.24, 2.45) is 11.7 Å². The Morgan fingerprint density at radius 2 is 2.16 bits per heavy atom. The van der Waals surface area contributed by atoms with Crippen LogP contribution in [0, 0.1) is 5.92 Å². The van der Waals surface area contributed by atoms with Gasteiger partial charge in [0.2, 0.25) is 0 Å². The number of sulfone groups is 1. The van der Waals surface area contributed by atoms with Crippen LogP contribution < -0.4 is 10.5 Å². The third-order valence-corrected chi connectivity index (χ3v) is 4.60. The molecule has 106 valence electrons. The van der Waals surface area contributed by atoms with Gasteiger partial charge in [-0.2, -0.15) is 0 Å². The predicted octanol–water partition coefficient (Wildman–Crippen LogP) is 1.39. The maximum atomic E-state index is 11.1. The first-order valence-electron chi connectivity index (χ1n) is 6.60. The Morgan fingerprint density at radius 3 is 2.89 bits per heavy atom. The van der Waals surface area contributed by atoms with E-state index in [2.05, 4.69) is 6.07 Å². The minimum Gasteiger partial charge on any atom is -0.493 e. The summed E-state index contributed by atoms with van der Waals surface area (Å²) in [7, 11) is -2.89. The summed E-state index contributed by atoms with van der Waals surface area (Å²) < 4.78 is 27.9. The Bertz CT molecular complexity index is 527.